The molecule has 1 aromatic carbocycles. The number of ether oxygens (including phenoxy) is 2. The molecule has 1 saturated heterocycles. The van der Waals surface area contributed by atoms with Crippen LogP contribution < -0.4 is 4.74 Å². The number of carbonyl (C=O) groups excluding carboxylic acids is 1. The monoisotopic (exact) mass is 612 g/mol. The maximum Gasteiger partial charge on any atom is 0.573 e. The van der Waals surface area contributed by atoms with E-state index in [0.29, 0.717) is 46.8 Å². The molecule has 1 aliphatic heterocycles. The third kappa shape index (κ3) is 4.06. The molecule has 3 nitrogen and oxygen atoms in total. The van der Waals surface area contributed by atoms with Crippen molar-refractivity contribution >= 4 is 11.9 Å². The summed E-state index contributed by atoms with van der Waals surface area (Å²) in [6, 6.07) is 6.21. The number of alkyl halides is 3. The molecule has 2 bridgehead atoms. The third-order valence-electron chi connectivity index (χ3n) is 15.2. The number of rotatable bonds is 2. The van der Waals surface area contributed by atoms with Crippen LogP contribution in [-0.2, 0) is 9.53 Å². The molecule has 1 aromatic rings. The Hall–Kier alpha value is -1.82. The van der Waals surface area contributed by atoms with Gasteiger partial charge in [-0.15, -0.1) is 13.2 Å². The summed E-state index contributed by atoms with van der Waals surface area (Å²) in [4.78, 5) is 14.1. The Bertz CT molecular complexity index is 1390. The van der Waals surface area contributed by atoms with E-state index in [2.05, 4.69) is 53.2 Å². The van der Waals surface area contributed by atoms with Crippen molar-refractivity contribution in [2.24, 2.45) is 56.2 Å². The number of hydrogen-bond donors (Lipinski definition) is 0. The zero-order valence-corrected chi connectivity index (χ0v) is 27.7. The van der Waals surface area contributed by atoms with Crippen molar-refractivity contribution in [3.8, 4) is 5.75 Å². The van der Waals surface area contributed by atoms with Gasteiger partial charge in [-0.1, -0.05) is 66.7 Å². The Morgan fingerprint density at radius 2 is 1.57 bits per heavy atom. The maximum absolute atomic E-state index is 14.1. The lowest BCUT2D eigenvalue weighted by molar-refractivity contribution is -0.274. The van der Waals surface area contributed by atoms with E-state index < -0.39 is 11.8 Å². The van der Waals surface area contributed by atoms with Crippen molar-refractivity contribution < 1.29 is 27.4 Å². The molecule has 5 aliphatic carbocycles. The van der Waals surface area contributed by atoms with E-state index in [1.54, 1.807) is 18.2 Å². The summed E-state index contributed by atoms with van der Waals surface area (Å²) in [7, 11) is 0. The highest BCUT2D eigenvalue weighted by molar-refractivity contribution is 6.04. The van der Waals surface area contributed by atoms with Crippen LogP contribution in [0.3, 0.4) is 0 Å². The second-order valence-electron chi connectivity index (χ2n) is 17.8. The Kier molecular flexibility index (Phi) is 6.57. The van der Waals surface area contributed by atoms with E-state index in [-0.39, 0.29) is 39.1 Å². The highest BCUT2D eigenvalue weighted by Crippen LogP contribution is 2.78. The van der Waals surface area contributed by atoms with E-state index in [4.69, 9.17) is 4.74 Å². The molecule has 6 fully saturated rings. The fraction of sp³-hybridized carbons (Fsp3) is 0.763. The summed E-state index contributed by atoms with van der Waals surface area (Å²) in [6.45, 7) is 17.6. The molecule has 0 amide bonds. The lowest BCUT2D eigenvalue weighted by Gasteiger charge is -2.73. The summed E-state index contributed by atoms with van der Waals surface area (Å²) in [5, 5.41) is 0. The molecule has 7 rings (SSSR count). The van der Waals surface area contributed by atoms with Gasteiger partial charge in [0.15, 0.2) is 5.78 Å². The SMILES string of the molecule is CC1(C)CC[C@]23CC[C@]4(C)[C@@H](CC[C@@H]5[C@@]6(C)C/C(=C\c7ccccc7OC(F)(F)F)C(=O)C(C)(C)[C@H]6CC[C@]54C)[C@@H]2[C@H]1OC3. The first-order valence-electron chi connectivity index (χ1n) is 17.1. The number of Topliss-reactive ketones (excluding diaryl/α,β-unsaturated/α-hetero) is 1. The van der Waals surface area contributed by atoms with Crippen LogP contribution in [0, 0.1) is 56.2 Å². The molecule has 6 aliphatic rings. The number of para-hydroxylation sites is 1. The fourth-order valence-electron chi connectivity index (χ4n) is 13.0. The smallest absolute Gasteiger partial charge is 0.405 e. The third-order valence-corrected chi connectivity index (χ3v) is 15.2. The van der Waals surface area contributed by atoms with Crippen LogP contribution in [0.15, 0.2) is 29.8 Å². The van der Waals surface area contributed by atoms with Crippen molar-refractivity contribution in [3.05, 3.63) is 35.4 Å². The number of halogens is 3. The first-order valence-corrected chi connectivity index (χ1v) is 17.1. The van der Waals surface area contributed by atoms with Gasteiger partial charge in [0.05, 0.1) is 12.7 Å². The van der Waals surface area contributed by atoms with Crippen molar-refractivity contribution in [3.63, 3.8) is 0 Å². The number of carbonyl (C=O) groups is 1. The normalized spacial score (nSPS) is 46.5. The fourth-order valence-corrected chi connectivity index (χ4v) is 13.0. The van der Waals surface area contributed by atoms with Gasteiger partial charge in [0, 0.05) is 11.0 Å². The zero-order valence-electron chi connectivity index (χ0n) is 27.7. The molecule has 9 atom stereocenters. The number of allylic oxidation sites excluding steroid dienone is 1. The largest absolute Gasteiger partial charge is 0.573 e. The molecule has 0 spiro atoms. The first kappa shape index (κ1) is 30.8. The summed E-state index contributed by atoms with van der Waals surface area (Å²) < 4.78 is 50.9. The van der Waals surface area contributed by atoms with Gasteiger partial charge in [0.2, 0.25) is 0 Å². The minimum absolute atomic E-state index is 0.0723. The molecule has 6 heteroatoms. The number of hydrogen-bond acceptors (Lipinski definition) is 3. The molecular formula is C38H51F3O3. The molecule has 44 heavy (non-hydrogen) atoms. The average Bonchev–Trinajstić information content (AvgIpc) is 3.26. The van der Waals surface area contributed by atoms with E-state index in [9.17, 15) is 18.0 Å². The Morgan fingerprint density at radius 1 is 0.864 bits per heavy atom. The van der Waals surface area contributed by atoms with E-state index in [1.807, 2.05) is 0 Å². The molecule has 242 valence electrons. The van der Waals surface area contributed by atoms with Gasteiger partial charge in [0.1, 0.15) is 5.75 Å². The molecular weight excluding hydrogens is 561 g/mol. The van der Waals surface area contributed by atoms with Gasteiger partial charge in [-0.2, -0.15) is 0 Å². The second-order valence-corrected chi connectivity index (χ2v) is 17.8. The van der Waals surface area contributed by atoms with E-state index in [1.165, 1.54) is 44.2 Å². The summed E-state index contributed by atoms with van der Waals surface area (Å²) in [5.74, 6) is 1.76. The predicted octanol–water partition coefficient (Wildman–Crippen LogP) is 10.0. The van der Waals surface area contributed by atoms with E-state index >= 15 is 0 Å². The predicted molar refractivity (Wildman–Crippen MR) is 166 cm³/mol. The summed E-state index contributed by atoms with van der Waals surface area (Å²) in [5.41, 5.74) is 1.12. The summed E-state index contributed by atoms with van der Waals surface area (Å²) in [6.07, 6.45) is 7.41. The van der Waals surface area contributed by atoms with Crippen LogP contribution in [-0.4, -0.2) is 24.9 Å². The van der Waals surface area contributed by atoms with Crippen LogP contribution >= 0.6 is 0 Å². The molecule has 5 saturated carbocycles. The lowest BCUT2D eigenvalue weighted by atomic mass is 9.31. The maximum atomic E-state index is 14.1. The average molecular weight is 613 g/mol. The summed E-state index contributed by atoms with van der Waals surface area (Å²) >= 11 is 0. The topological polar surface area (TPSA) is 35.5 Å². The minimum atomic E-state index is -4.79. The molecule has 1 heterocycles. The van der Waals surface area contributed by atoms with Crippen LogP contribution in [0.5, 0.6) is 5.75 Å². The molecule has 0 aromatic heterocycles. The first-order chi connectivity index (χ1) is 20.4. The van der Waals surface area contributed by atoms with Crippen molar-refractivity contribution in [1.29, 1.82) is 0 Å². The van der Waals surface area contributed by atoms with Crippen molar-refractivity contribution in [2.75, 3.05) is 6.61 Å². The van der Waals surface area contributed by atoms with Crippen molar-refractivity contribution in [1.82, 2.24) is 0 Å². The standard InChI is InChI=1S/C38H51F3O3/c1-32(2)16-18-37-19-17-35(6)25(29(37)31(32)43-22-37)12-13-28-34(5)21-24(20-23-10-8-9-11-26(23)44-38(39,40)41)30(42)33(3,4)27(34)14-15-36(28,35)7/h8-11,20,25,27-29,31H,12-19,21-22H2,1-7H3/b24-20+/t25-,27+,28+,29+,31+,34-,35+,36+,37+/m0/s1. The van der Waals surface area contributed by atoms with Gasteiger partial charge in [-0.3, -0.25) is 4.79 Å². The Labute approximate surface area is 261 Å². The quantitative estimate of drug-likeness (QED) is 0.312. The van der Waals surface area contributed by atoms with Gasteiger partial charge in [0.25, 0.3) is 0 Å². The van der Waals surface area contributed by atoms with Crippen LogP contribution in [0.2, 0.25) is 0 Å². The minimum Gasteiger partial charge on any atom is -0.405 e. The van der Waals surface area contributed by atoms with Crippen molar-refractivity contribution in [2.45, 2.75) is 119 Å². The molecule has 0 N–H and O–H groups in total. The van der Waals surface area contributed by atoms with Crippen LogP contribution in [0.25, 0.3) is 6.08 Å². The number of benzene rings is 1. The van der Waals surface area contributed by atoms with Crippen LogP contribution in [0.4, 0.5) is 13.2 Å². The number of ketones is 1. The Morgan fingerprint density at radius 3 is 2.30 bits per heavy atom. The van der Waals surface area contributed by atoms with Gasteiger partial charge < -0.3 is 9.47 Å². The van der Waals surface area contributed by atoms with E-state index in [0.717, 1.165) is 25.9 Å². The van der Waals surface area contributed by atoms with Gasteiger partial charge in [-0.25, -0.2) is 0 Å². The van der Waals surface area contributed by atoms with Gasteiger partial charge in [-0.05, 0) is 126 Å². The Balaban J connectivity index is 1.27. The van der Waals surface area contributed by atoms with Crippen LogP contribution in [0.1, 0.15) is 112 Å². The highest BCUT2D eigenvalue weighted by Gasteiger charge is 2.73. The highest BCUT2D eigenvalue weighted by atomic mass is 19.4. The lowest BCUT2D eigenvalue weighted by Crippen LogP contribution is -2.67. The van der Waals surface area contributed by atoms with Gasteiger partial charge >= 0.3 is 6.36 Å². The second kappa shape index (κ2) is 9.38. The number of fused-ring (bicyclic) bond motifs is 5. The molecule has 0 unspecified atom stereocenters. The molecule has 0 radical (unpaired) electrons. The zero-order chi connectivity index (χ0) is 31.7.